The van der Waals surface area contributed by atoms with Crippen molar-refractivity contribution in [2.24, 2.45) is 5.16 Å². The predicted octanol–water partition coefficient (Wildman–Crippen LogP) is 7.90. The molecule has 1 amide bonds. The van der Waals surface area contributed by atoms with Crippen molar-refractivity contribution in [1.29, 1.82) is 0 Å². The first-order valence-corrected chi connectivity index (χ1v) is 11.5. The summed E-state index contributed by atoms with van der Waals surface area (Å²) < 4.78 is 43.6. The van der Waals surface area contributed by atoms with Crippen LogP contribution < -0.4 is 5.32 Å². The smallest absolute Gasteiger partial charge is 0.374 e. The van der Waals surface area contributed by atoms with E-state index in [0.29, 0.717) is 16.8 Å². The number of carbonyl (C=O) groups is 1. The first-order valence-electron chi connectivity index (χ1n) is 9.95. The van der Waals surface area contributed by atoms with Gasteiger partial charge in [0.15, 0.2) is 0 Å². The van der Waals surface area contributed by atoms with Crippen molar-refractivity contribution >= 4 is 56.4 Å². The monoisotopic (exact) mass is 570 g/mol. The lowest BCUT2D eigenvalue weighted by Crippen LogP contribution is -2.42. The summed E-state index contributed by atoms with van der Waals surface area (Å²) in [5, 5.41) is 6.68. The van der Waals surface area contributed by atoms with Crippen molar-refractivity contribution in [2.45, 2.75) is 25.1 Å². The Balaban J connectivity index is 1.64. The van der Waals surface area contributed by atoms with Gasteiger partial charge in [-0.1, -0.05) is 56.4 Å². The van der Waals surface area contributed by atoms with E-state index in [-0.39, 0.29) is 27.2 Å². The maximum Gasteiger partial charge on any atom is 0.435 e. The van der Waals surface area contributed by atoms with E-state index in [0.717, 1.165) is 10.0 Å². The van der Waals surface area contributed by atoms with Gasteiger partial charge in [0.25, 0.3) is 11.5 Å². The molecule has 1 N–H and O–H groups in total. The fourth-order valence-electron chi connectivity index (χ4n) is 3.58. The van der Waals surface area contributed by atoms with E-state index >= 15 is 0 Å². The first kappa shape index (κ1) is 24.6. The zero-order chi connectivity index (χ0) is 24.7. The zero-order valence-corrected chi connectivity index (χ0v) is 20.6. The number of amides is 1. The van der Waals surface area contributed by atoms with Crippen molar-refractivity contribution in [1.82, 2.24) is 0 Å². The number of halogens is 6. The van der Waals surface area contributed by atoms with Gasteiger partial charge in [0.2, 0.25) is 0 Å². The summed E-state index contributed by atoms with van der Waals surface area (Å²) >= 11 is 15.2. The molecule has 1 unspecified atom stereocenters. The number of nitrogens with one attached hydrogen (secondary N) is 1. The molecule has 4 nitrogen and oxygen atoms in total. The second kappa shape index (κ2) is 9.24. The topological polar surface area (TPSA) is 50.7 Å². The van der Waals surface area contributed by atoms with Gasteiger partial charge in [-0.3, -0.25) is 4.79 Å². The van der Waals surface area contributed by atoms with Crippen molar-refractivity contribution in [3.05, 3.63) is 97.4 Å². The van der Waals surface area contributed by atoms with Crippen LogP contribution in [0.5, 0.6) is 0 Å². The summed E-state index contributed by atoms with van der Waals surface area (Å²) in [5.74, 6) is -0.351. The standard InChI is InChI=1S/C24H16BrCl2F3N2O2/c1-13-2-3-15(8-20(13)31-22(33)14-4-6-17(25)7-5-14)21-12-23(34-32-21,24(28,29)30)16-9-18(26)11-19(27)10-16/h2-11H,12H2,1H3,(H,31,33). The minimum absolute atomic E-state index is 0.0523. The van der Waals surface area contributed by atoms with Crippen LogP contribution in [0.25, 0.3) is 0 Å². The summed E-state index contributed by atoms with van der Waals surface area (Å²) in [6, 6.07) is 15.4. The zero-order valence-electron chi connectivity index (χ0n) is 17.5. The molecule has 10 heteroatoms. The molecule has 3 aromatic carbocycles. The molecule has 1 aliphatic rings. The van der Waals surface area contributed by atoms with E-state index in [1.807, 2.05) is 0 Å². The molecule has 4 rings (SSSR count). The second-order valence-electron chi connectivity index (χ2n) is 7.78. The van der Waals surface area contributed by atoms with Gasteiger partial charge in [0, 0.05) is 43.3 Å². The Morgan fingerprint density at radius 1 is 1.06 bits per heavy atom. The second-order valence-corrected chi connectivity index (χ2v) is 9.57. The SMILES string of the molecule is Cc1ccc(C2=NOC(c3cc(Cl)cc(Cl)c3)(C(F)(F)F)C2)cc1NC(=O)c1ccc(Br)cc1. The van der Waals surface area contributed by atoms with Gasteiger partial charge in [-0.2, -0.15) is 13.2 Å². The lowest BCUT2D eigenvalue weighted by Gasteiger charge is -2.29. The molecule has 0 bridgehead atoms. The number of anilines is 1. The molecule has 0 aliphatic carbocycles. The molecule has 0 radical (unpaired) electrons. The largest absolute Gasteiger partial charge is 0.435 e. The molecule has 1 atom stereocenters. The van der Waals surface area contributed by atoms with E-state index in [4.69, 9.17) is 28.0 Å². The van der Waals surface area contributed by atoms with Crippen LogP contribution in [0.4, 0.5) is 18.9 Å². The van der Waals surface area contributed by atoms with Gasteiger partial charge in [-0.05, 0) is 61.0 Å². The summed E-state index contributed by atoms with van der Waals surface area (Å²) in [6.45, 7) is 1.78. The third-order valence-corrected chi connectivity index (χ3v) is 6.41. The predicted molar refractivity (Wildman–Crippen MR) is 130 cm³/mol. The third kappa shape index (κ3) is 4.80. The molecule has 0 saturated carbocycles. The molecular weight excluding hydrogens is 556 g/mol. The van der Waals surface area contributed by atoms with E-state index < -0.39 is 18.2 Å². The number of carbonyl (C=O) groups excluding carboxylic acids is 1. The van der Waals surface area contributed by atoms with Crippen LogP contribution in [0.2, 0.25) is 10.0 Å². The molecule has 1 heterocycles. The fourth-order valence-corrected chi connectivity index (χ4v) is 4.37. The van der Waals surface area contributed by atoms with E-state index in [1.54, 1.807) is 49.4 Å². The molecule has 3 aromatic rings. The highest BCUT2D eigenvalue weighted by Crippen LogP contribution is 2.49. The Morgan fingerprint density at radius 3 is 2.32 bits per heavy atom. The summed E-state index contributed by atoms with van der Waals surface area (Å²) in [7, 11) is 0. The minimum Gasteiger partial charge on any atom is -0.374 e. The van der Waals surface area contributed by atoms with Gasteiger partial charge in [0.05, 0.1) is 5.71 Å². The Labute approximate surface area is 211 Å². The van der Waals surface area contributed by atoms with E-state index in [2.05, 4.69) is 26.4 Å². The van der Waals surface area contributed by atoms with Crippen molar-refractivity contribution in [3.63, 3.8) is 0 Å². The Morgan fingerprint density at radius 2 is 1.71 bits per heavy atom. The third-order valence-electron chi connectivity index (χ3n) is 5.44. The minimum atomic E-state index is -4.80. The van der Waals surface area contributed by atoms with E-state index in [9.17, 15) is 18.0 Å². The highest BCUT2D eigenvalue weighted by molar-refractivity contribution is 9.10. The number of nitrogens with zero attached hydrogens (tertiary/aromatic N) is 1. The number of rotatable bonds is 4. The van der Waals surface area contributed by atoms with Gasteiger partial charge in [0.1, 0.15) is 0 Å². The fraction of sp³-hybridized carbons (Fsp3) is 0.167. The van der Waals surface area contributed by atoms with Crippen molar-refractivity contribution in [2.75, 3.05) is 5.32 Å². The number of aryl methyl sites for hydroxylation is 1. The average molecular weight is 572 g/mol. The summed E-state index contributed by atoms with van der Waals surface area (Å²) in [5.41, 5.74) is -0.900. The average Bonchev–Trinajstić information content (AvgIpc) is 3.22. The Hall–Kier alpha value is -2.55. The molecule has 0 fully saturated rings. The normalized spacial score (nSPS) is 17.8. The molecule has 1 aliphatic heterocycles. The molecule has 34 heavy (non-hydrogen) atoms. The van der Waals surface area contributed by atoms with E-state index in [1.165, 1.54) is 18.2 Å². The molecular formula is C24H16BrCl2F3N2O2. The van der Waals surface area contributed by atoms with Gasteiger partial charge in [-0.25, -0.2) is 0 Å². The molecule has 176 valence electrons. The molecule has 0 aromatic heterocycles. The number of alkyl halides is 3. The van der Waals surface area contributed by atoms with Crippen LogP contribution in [0.1, 0.15) is 33.5 Å². The number of oxime groups is 1. The van der Waals surface area contributed by atoms with Crippen LogP contribution >= 0.6 is 39.1 Å². The van der Waals surface area contributed by atoms with Gasteiger partial charge >= 0.3 is 6.18 Å². The lowest BCUT2D eigenvalue weighted by molar-refractivity contribution is -0.275. The number of hydrogen-bond donors (Lipinski definition) is 1. The van der Waals surface area contributed by atoms with Crippen LogP contribution in [-0.4, -0.2) is 17.8 Å². The molecule has 0 spiro atoms. The number of benzene rings is 3. The Bertz CT molecular complexity index is 1280. The maximum atomic E-state index is 14.2. The Kier molecular flexibility index (Phi) is 6.68. The maximum absolute atomic E-state index is 14.2. The first-order chi connectivity index (χ1) is 16.0. The molecule has 0 saturated heterocycles. The highest BCUT2D eigenvalue weighted by Gasteiger charge is 2.62. The van der Waals surface area contributed by atoms with Gasteiger partial charge in [-0.15, -0.1) is 0 Å². The quantitative estimate of drug-likeness (QED) is 0.346. The van der Waals surface area contributed by atoms with Crippen molar-refractivity contribution < 1.29 is 22.8 Å². The number of hydrogen-bond acceptors (Lipinski definition) is 3. The van der Waals surface area contributed by atoms with Crippen LogP contribution in [-0.2, 0) is 10.4 Å². The van der Waals surface area contributed by atoms with Crippen LogP contribution in [0.3, 0.4) is 0 Å². The van der Waals surface area contributed by atoms with Crippen molar-refractivity contribution in [3.8, 4) is 0 Å². The summed E-state index contributed by atoms with van der Waals surface area (Å²) in [4.78, 5) is 17.7. The highest BCUT2D eigenvalue weighted by atomic mass is 79.9. The van der Waals surface area contributed by atoms with Gasteiger partial charge < -0.3 is 10.2 Å². The van der Waals surface area contributed by atoms with Crippen LogP contribution in [0, 0.1) is 6.92 Å². The summed E-state index contributed by atoms with van der Waals surface area (Å²) in [6.07, 6.45) is -5.38. The lowest BCUT2D eigenvalue weighted by atomic mass is 9.86. The van der Waals surface area contributed by atoms with Crippen LogP contribution in [0.15, 0.2) is 70.3 Å².